The summed E-state index contributed by atoms with van der Waals surface area (Å²) in [6, 6.07) is 4.59. The first-order valence-corrected chi connectivity index (χ1v) is 6.69. The Hall–Kier alpha value is -0.945. The van der Waals surface area contributed by atoms with Crippen LogP contribution in [0.3, 0.4) is 0 Å². The first kappa shape index (κ1) is 14.5. The monoisotopic (exact) mass is 266 g/mol. The van der Waals surface area contributed by atoms with Crippen LogP contribution in [-0.4, -0.2) is 59.7 Å². The minimum atomic E-state index is -1.75. The van der Waals surface area contributed by atoms with Crippen molar-refractivity contribution in [3.63, 3.8) is 0 Å². The van der Waals surface area contributed by atoms with Crippen LogP contribution in [0.5, 0.6) is 0 Å². The van der Waals surface area contributed by atoms with Gasteiger partial charge in [-0.3, -0.25) is 4.90 Å². The maximum atomic E-state index is 13.6. The average molecular weight is 266 g/mol. The van der Waals surface area contributed by atoms with E-state index in [0.29, 0.717) is 6.54 Å². The zero-order valence-electron chi connectivity index (χ0n) is 11.2. The van der Waals surface area contributed by atoms with E-state index in [9.17, 15) is 4.39 Å². The van der Waals surface area contributed by atoms with E-state index >= 15 is 0 Å². The summed E-state index contributed by atoms with van der Waals surface area (Å²) in [6.07, 6.45) is 0. The molecule has 0 aromatic heterocycles. The van der Waals surface area contributed by atoms with Crippen LogP contribution in [0.25, 0.3) is 0 Å². The summed E-state index contributed by atoms with van der Waals surface area (Å²) < 4.78 is 13.6. The summed E-state index contributed by atoms with van der Waals surface area (Å²) in [5.74, 6) is -0.556. The second-order valence-electron chi connectivity index (χ2n) is 4.94. The van der Waals surface area contributed by atoms with Gasteiger partial charge in [-0.2, -0.15) is 0 Å². The molecule has 6 heteroatoms. The van der Waals surface area contributed by atoms with E-state index in [1.54, 1.807) is 6.07 Å². The van der Waals surface area contributed by atoms with Crippen LogP contribution >= 0.6 is 0 Å². The molecule has 0 radical (unpaired) electrons. The van der Waals surface area contributed by atoms with Crippen molar-refractivity contribution in [3.05, 3.63) is 29.6 Å². The lowest BCUT2D eigenvalue weighted by molar-refractivity contribution is 0.132. The van der Waals surface area contributed by atoms with E-state index < -0.39 is 12.9 Å². The van der Waals surface area contributed by atoms with E-state index in [-0.39, 0.29) is 5.46 Å². The molecule has 2 rings (SSSR count). The lowest BCUT2D eigenvalue weighted by Gasteiger charge is -2.34. The van der Waals surface area contributed by atoms with Gasteiger partial charge in [0.2, 0.25) is 0 Å². The van der Waals surface area contributed by atoms with Gasteiger partial charge in [-0.25, -0.2) is 4.39 Å². The van der Waals surface area contributed by atoms with Gasteiger partial charge in [0, 0.05) is 38.2 Å². The molecule has 0 saturated carbocycles. The SMILES string of the molecule is CCN1CCN(Cc2ccc(B(O)O)c(F)c2)CC1. The predicted molar refractivity (Wildman–Crippen MR) is 73.6 cm³/mol. The van der Waals surface area contributed by atoms with Crippen molar-refractivity contribution in [2.75, 3.05) is 32.7 Å². The third-order valence-electron chi connectivity index (χ3n) is 3.66. The van der Waals surface area contributed by atoms with Crippen molar-refractivity contribution in [2.24, 2.45) is 0 Å². The van der Waals surface area contributed by atoms with Crippen molar-refractivity contribution in [1.29, 1.82) is 0 Å². The van der Waals surface area contributed by atoms with Gasteiger partial charge in [0.1, 0.15) is 5.82 Å². The normalized spacial score (nSPS) is 17.7. The first-order chi connectivity index (χ1) is 9.10. The molecular weight excluding hydrogens is 246 g/mol. The lowest BCUT2D eigenvalue weighted by atomic mass is 9.79. The lowest BCUT2D eigenvalue weighted by Crippen LogP contribution is -2.45. The van der Waals surface area contributed by atoms with Crippen molar-refractivity contribution < 1.29 is 14.4 Å². The maximum Gasteiger partial charge on any atom is 0.491 e. The number of hydrogen-bond donors (Lipinski definition) is 2. The Balaban J connectivity index is 1.95. The fourth-order valence-electron chi connectivity index (χ4n) is 2.40. The molecule has 1 aliphatic heterocycles. The van der Waals surface area contributed by atoms with E-state index in [0.717, 1.165) is 38.3 Å². The zero-order valence-corrected chi connectivity index (χ0v) is 11.2. The Bertz CT molecular complexity index is 423. The molecule has 2 N–H and O–H groups in total. The highest BCUT2D eigenvalue weighted by molar-refractivity contribution is 6.58. The predicted octanol–water partition coefficient (Wildman–Crippen LogP) is -0.357. The Labute approximate surface area is 113 Å². The molecule has 0 bridgehead atoms. The Kier molecular flexibility index (Phi) is 4.93. The quantitative estimate of drug-likeness (QED) is 0.731. The molecule has 104 valence electrons. The fraction of sp³-hybridized carbons (Fsp3) is 0.538. The number of halogens is 1. The summed E-state index contributed by atoms with van der Waals surface area (Å²) in [7, 11) is -1.75. The minimum absolute atomic E-state index is 0.0699. The van der Waals surface area contributed by atoms with Crippen LogP contribution in [0.15, 0.2) is 18.2 Å². The number of hydrogen-bond acceptors (Lipinski definition) is 4. The van der Waals surface area contributed by atoms with Crippen molar-refractivity contribution in [1.82, 2.24) is 9.80 Å². The molecule has 1 aliphatic rings. The molecule has 0 aliphatic carbocycles. The Morgan fingerprint density at radius 1 is 1.16 bits per heavy atom. The van der Waals surface area contributed by atoms with Crippen LogP contribution in [0.1, 0.15) is 12.5 Å². The van der Waals surface area contributed by atoms with Gasteiger partial charge in [-0.1, -0.05) is 19.1 Å². The average Bonchev–Trinajstić information content (AvgIpc) is 2.39. The van der Waals surface area contributed by atoms with E-state index in [1.807, 2.05) is 0 Å². The highest BCUT2D eigenvalue weighted by atomic mass is 19.1. The molecule has 19 heavy (non-hydrogen) atoms. The number of rotatable bonds is 4. The van der Waals surface area contributed by atoms with Gasteiger partial charge in [-0.15, -0.1) is 0 Å². The Morgan fingerprint density at radius 3 is 2.32 bits per heavy atom. The molecule has 0 amide bonds. The second kappa shape index (κ2) is 6.48. The van der Waals surface area contributed by atoms with Crippen molar-refractivity contribution in [3.8, 4) is 0 Å². The third-order valence-corrected chi connectivity index (χ3v) is 3.66. The molecule has 0 spiro atoms. The molecule has 1 saturated heterocycles. The maximum absolute atomic E-state index is 13.6. The minimum Gasteiger partial charge on any atom is -0.423 e. The summed E-state index contributed by atoms with van der Waals surface area (Å²) in [4.78, 5) is 4.68. The highest BCUT2D eigenvalue weighted by Gasteiger charge is 2.18. The van der Waals surface area contributed by atoms with Gasteiger partial charge in [0.15, 0.2) is 0 Å². The summed E-state index contributed by atoms with van der Waals surface area (Å²) in [5.41, 5.74) is 0.798. The molecule has 0 unspecified atom stereocenters. The molecule has 1 aromatic carbocycles. The van der Waals surface area contributed by atoms with Gasteiger partial charge in [-0.05, 0) is 18.2 Å². The molecule has 4 nitrogen and oxygen atoms in total. The largest absolute Gasteiger partial charge is 0.491 e. The fourth-order valence-corrected chi connectivity index (χ4v) is 2.40. The van der Waals surface area contributed by atoms with Crippen LogP contribution in [0.4, 0.5) is 4.39 Å². The Morgan fingerprint density at radius 2 is 1.79 bits per heavy atom. The standard InChI is InChI=1S/C13H20BFN2O2/c1-2-16-5-7-17(8-6-16)10-11-3-4-12(14(18)19)13(15)9-11/h3-4,9,18-19H,2,5-8,10H2,1H3. The van der Waals surface area contributed by atoms with Crippen LogP contribution in [-0.2, 0) is 6.54 Å². The van der Waals surface area contributed by atoms with Crippen LogP contribution < -0.4 is 5.46 Å². The summed E-state index contributed by atoms with van der Waals surface area (Å²) >= 11 is 0. The number of likely N-dealkylation sites (N-methyl/N-ethyl adjacent to an activating group) is 1. The third kappa shape index (κ3) is 3.76. The van der Waals surface area contributed by atoms with Crippen LogP contribution in [0.2, 0.25) is 0 Å². The molecule has 0 atom stereocenters. The van der Waals surface area contributed by atoms with Gasteiger partial charge in [0.05, 0.1) is 0 Å². The summed E-state index contributed by atoms with van der Waals surface area (Å²) in [6.45, 7) is 8.00. The van der Waals surface area contributed by atoms with E-state index in [4.69, 9.17) is 10.0 Å². The van der Waals surface area contributed by atoms with Gasteiger partial charge < -0.3 is 14.9 Å². The van der Waals surface area contributed by atoms with Gasteiger partial charge in [0.25, 0.3) is 0 Å². The number of nitrogens with zero attached hydrogens (tertiary/aromatic N) is 2. The van der Waals surface area contributed by atoms with E-state index in [2.05, 4.69) is 16.7 Å². The van der Waals surface area contributed by atoms with Crippen molar-refractivity contribution in [2.45, 2.75) is 13.5 Å². The van der Waals surface area contributed by atoms with Gasteiger partial charge >= 0.3 is 7.12 Å². The number of piperazine rings is 1. The molecular formula is C13H20BFN2O2. The van der Waals surface area contributed by atoms with Crippen molar-refractivity contribution >= 4 is 12.6 Å². The molecule has 1 heterocycles. The second-order valence-corrected chi connectivity index (χ2v) is 4.94. The molecule has 1 aromatic rings. The zero-order chi connectivity index (χ0) is 13.8. The molecule has 1 fully saturated rings. The van der Waals surface area contributed by atoms with Crippen LogP contribution in [0, 0.1) is 5.82 Å². The van der Waals surface area contributed by atoms with E-state index in [1.165, 1.54) is 12.1 Å². The highest BCUT2D eigenvalue weighted by Crippen LogP contribution is 2.09. The smallest absolute Gasteiger partial charge is 0.423 e. The topological polar surface area (TPSA) is 46.9 Å². The number of benzene rings is 1. The first-order valence-electron chi connectivity index (χ1n) is 6.69. The summed E-state index contributed by atoms with van der Waals surface area (Å²) in [5, 5.41) is 17.9.